The molecule has 0 fully saturated rings. The average Bonchev–Trinajstić information content (AvgIpc) is 2.81. The first kappa shape index (κ1) is 12.3. The minimum Gasteiger partial charge on any atom is -0.264 e. The van der Waals surface area contributed by atoms with Gasteiger partial charge in [0.05, 0.1) is 15.8 Å². The largest absolute Gasteiger partial charge is 0.264 e. The van der Waals surface area contributed by atoms with Gasteiger partial charge in [0.25, 0.3) is 0 Å². The van der Waals surface area contributed by atoms with E-state index in [1.807, 2.05) is 18.2 Å². The highest BCUT2D eigenvalue weighted by atomic mass is 79.9. The second-order valence-electron chi connectivity index (χ2n) is 3.72. The van der Waals surface area contributed by atoms with Crippen molar-refractivity contribution in [3.8, 4) is 0 Å². The summed E-state index contributed by atoms with van der Waals surface area (Å²) in [6, 6.07) is 5.79. The van der Waals surface area contributed by atoms with Gasteiger partial charge in [-0.2, -0.15) is 5.11 Å². The fourth-order valence-electron chi connectivity index (χ4n) is 1.56. The monoisotopic (exact) mass is 333 g/mol. The molecule has 0 spiro atoms. The highest BCUT2D eigenvalue weighted by Gasteiger charge is 2.06. The molecule has 0 aliphatic heterocycles. The van der Waals surface area contributed by atoms with Crippen molar-refractivity contribution in [3.05, 3.63) is 46.3 Å². The average molecular weight is 334 g/mol. The van der Waals surface area contributed by atoms with Crippen molar-refractivity contribution in [3.63, 3.8) is 0 Å². The van der Waals surface area contributed by atoms with E-state index in [9.17, 15) is 0 Å². The zero-order valence-corrected chi connectivity index (χ0v) is 12.1. The van der Waals surface area contributed by atoms with E-state index >= 15 is 0 Å². The normalized spacial score (nSPS) is 11.4. The third-order valence-corrected chi connectivity index (χ3v) is 4.03. The standard InChI is InChI=1S/C12H8BrN5S/c13-10-4-9-11(19-10)12(16-7-15-9)18-17-6-8-2-1-3-14-5-8/h1-5,7H,6H2. The molecule has 0 unspecified atom stereocenters. The molecule has 0 N–H and O–H groups in total. The van der Waals surface area contributed by atoms with Crippen LogP contribution in [0.25, 0.3) is 10.2 Å². The number of pyridine rings is 1. The van der Waals surface area contributed by atoms with Crippen molar-refractivity contribution >= 4 is 43.3 Å². The van der Waals surface area contributed by atoms with Crippen LogP contribution in [0.2, 0.25) is 0 Å². The van der Waals surface area contributed by atoms with E-state index in [2.05, 4.69) is 41.1 Å². The summed E-state index contributed by atoms with van der Waals surface area (Å²) in [7, 11) is 0. The second-order valence-corrected chi connectivity index (χ2v) is 6.15. The molecule has 3 aromatic rings. The molecule has 0 aliphatic rings. The predicted octanol–water partition coefficient (Wildman–Crippen LogP) is 4.13. The molecule has 19 heavy (non-hydrogen) atoms. The van der Waals surface area contributed by atoms with E-state index in [4.69, 9.17) is 0 Å². The van der Waals surface area contributed by atoms with E-state index < -0.39 is 0 Å². The lowest BCUT2D eigenvalue weighted by atomic mass is 10.3. The predicted molar refractivity (Wildman–Crippen MR) is 77.6 cm³/mol. The Morgan fingerprint density at radius 3 is 3.11 bits per heavy atom. The third kappa shape index (κ3) is 2.82. The van der Waals surface area contributed by atoms with Crippen LogP contribution in [-0.4, -0.2) is 15.0 Å². The molecule has 94 valence electrons. The van der Waals surface area contributed by atoms with Crippen LogP contribution in [0.3, 0.4) is 0 Å². The van der Waals surface area contributed by atoms with Gasteiger partial charge in [0.15, 0.2) is 5.82 Å². The molecule has 3 rings (SSSR count). The number of hydrogen-bond donors (Lipinski definition) is 0. The molecule has 0 atom stereocenters. The van der Waals surface area contributed by atoms with Crippen molar-refractivity contribution in [2.75, 3.05) is 0 Å². The molecule has 0 saturated carbocycles. The maximum Gasteiger partial charge on any atom is 0.195 e. The molecular weight excluding hydrogens is 326 g/mol. The molecule has 5 nitrogen and oxygen atoms in total. The Bertz CT molecular complexity index is 725. The Balaban J connectivity index is 1.85. The smallest absolute Gasteiger partial charge is 0.195 e. The van der Waals surface area contributed by atoms with Gasteiger partial charge in [-0.3, -0.25) is 4.98 Å². The molecule has 0 aliphatic carbocycles. The first-order valence-corrected chi connectivity index (χ1v) is 7.10. The van der Waals surface area contributed by atoms with Gasteiger partial charge in [-0.05, 0) is 33.6 Å². The quantitative estimate of drug-likeness (QED) is 0.677. The Morgan fingerprint density at radius 1 is 1.32 bits per heavy atom. The summed E-state index contributed by atoms with van der Waals surface area (Å²) in [4.78, 5) is 12.4. The number of fused-ring (bicyclic) bond motifs is 1. The summed E-state index contributed by atoms with van der Waals surface area (Å²) >= 11 is 4.98. The molecule has 0 bridgehead atoms. The first-order valence-electron chi connectivity index (χ1n) is 5.49. The van der Waals surface area contributed by atoms with Crippen LogP contribution in [0, 0.1) is 0 Å². The molecule has 3 heterocycles. The van der Waals surface area contributed by atoms with Crippen LogP contribution in [-0.2, 0) is 6.54 Å². The van der Waals surface area contributed by atoms with Crippen molar-refractivity contribution < 1.29 is 0 Å². The summed E-state index contributed by atoms with van der Waals surface area (Å²) in [5.74, 6) is 0.601. The maximum atomic E-state index is 4.19. The van der Waals surface area contributed by atoms with Crippen LogP contribution in [0.4, 0.5) is 5.82 Å². The van der Waals surface area contributed by atoms with Gasteiger partial charge in [-0.15, -0.1) is 16.5 Å². The highest BCUT2D eigenvalue weighted by molar-refractivity contribution is 9.11. The summed E-state index contributed by atoms with van der Waals surface area (Å²) in [5, 5.41) is 8.34. The highest BCUT2D eigenvalue weighted by Crippen LogP contribution is 2.33. The zero-order chi connectivity index (χ0) is 13.1. The first-order chi connectivity index (χ1) is 9.33. The number of rotatable bonds is 3. The van der Waals surface area contributed by atoms with Gasteiger partial charge in [0.2, 0.25) is 0 Å². The lowest BCUT2D eigenvalue weighted by Gasteiger charge is -1.94. The number of hydrogen-bond acceptors (Lipinski definition) is 6. The van der Waals surface area contributed by atoms with Gasteiger partial charge < -0.3 is 0 Å². The molecule has 3 aromatic heterocycles. The van der Waals surface area contributed by atoms with Crippen molar-refractivity contribution in [1.29, 1.82) is 0 Å². The van der Waals surface area contributed by atoms with E-state index in [0.717, 1.165) is 19.6 Å². The van der Waals surface area contributed by atoms with Crippen molar-refractivity contribution in [1.82, 2.24) is 15.0 Å². The van der Waals surface area contributed by atoms with Gasteiger partial charge in [-0.25, -0.2) is 9.97 Å². The molecule has 0 saturated heterocycles. The molecular formula is C12H8BrN5S. The number of aromatic nitrogens is 3. The van der Waals surface area contributed by atoms with E-state index in [0.29, 0.717) is 12.4 Å². The van der Waals surface area contributed by atoms with E-state index in [1.54, 1.807) is 23.7 Å². The third-order valence-electron chi connectivity index (χ3n) is 2.40. The molecule has 0 amide bonds. The van der Waals surface area contributed by atoms with Crippen LogP contribution < -0.4 is 0 Å². The van der Waals surface area contributed by atoms with Crippen LogP contribution in [0.5, 0.6) is 0 Å². The lowest BCUT2D eigenvalue weighted by Crippen LogP contribution is -1.81. The van der Waals surface area contributed by atoms with Crippen LogP contribution in [0.15, 0.2) is 50.9 Å². The molecule has 7 heteroatoms. The van der Waals surface area contributed by atoms with Crippen LogP contribution >= 0.6 is 27.3 Å². The second kappa shape index (κ2) is 5.50. The number of halogens is 1. The van der Waals surface area contributed by atoms with E-state index in [1.165, 1.54) is 6.33 Å². The van der Waals surface area contributed by atoms with Gasteiger partial charge in [0.1, 0.15) is 11.0 Å². The maximum absolute atomic E-state index is 4.19. The summed E-state index contributed by atoms with van der Waals surface area (Å²) < 4.78 is 1.94. The topological polar surface area (TPSA) is 63.4 Å². The Morgan fingerprint density at radius 2 is 2.26 bits per heavy atom. The van der Waals surface area contributed by atoms with Crippen LogP contribution in [0.1, 0.15) is 5.56 Å². The summed E-state index contributed by atoms with van der Waals surface area (Å²) in [5.41, 5.74) is 1.89. The number of azo groups is 1. The number of nitrogens with zero attached hydrogens (tertiary/aromatic N) is 5. The summed E-state index contributed by atoms with van der Waals surface area (Å²) in [6.45, 7) is 0.492. The minimum absolute atomic E-state index is 0.492. The Hall–Kier alpha value is -1.73. The zero-order valence-electron chi connectivity index (χ0n) is 9.69. The van der Waals surface area contributed by atoms with Gasteiger partial charge in [0, 0.05) is 12.4 Å². The Kier molecular flexibility index (Phi) is 3.56. The molecule has 0 radical (unpaired) electrons. The SMILES string of the molecule is Brc1cc2ncnc(N=NCc3cccnc3)c2s1. The Labute approximate surface area is 121 Å². The summed E-state index contributed by atoms with van der Waals surface area (Å²) in [6.07, 6.45) is 5.01. The number of thiophene rings is 1. The fraction of sp³-hybridized carbons (Fsp3) is 0.0833. The van der Waals surface area contributed by atoms with Crippen molar-refractivity contribution in [2.45, 2.75) is 6.54 Å². The lowest BCUT2D eigenvalue weighted by molar-refractivity contribution is 0.939. The van der Waals surface area contributed by atoms with E-state index in [-0.39, 0.29) is 0 Å². The fourth-order valence-corrected chi connectivity index (χ4v) is 3.03. The minimum atomic E-state index is 0.492. The van der Waals surface area contributed by atoms with Crippen molar-refractivity contribution in [2.24, 2.45) is 10.2 Å². The molecule has 0 aromatic carbocycles. The van der Waals surface area contributed by atoms with Gasteiger partial charge in [-0.1, -0.05) is 6.07 Å². The van der Waals surface area contributed by atoms with Gasteiger partial charge >= 0.3 is 0 Å².